The number of ether oxygens (including phenoxy) is 1. The molecule has 4 rings (SSSR count). The Morgan fingerprint density at radius 3 is 2.38 bits per heavy atom. The second-order valence-corrected chi connectivity index (χ2v) is 10.1. The third kappa shape index (κ3) is 5.61. The second-order valence-electron chi connectivity index (χ2n) is 7.44. The molecule has 1 aliphatic rings. The van der Waals surface area contributed by atoms with Crippen LogP contribution in [0.5, 0.6) is 5.75 Å². The summed E-state index contributed by atoms with van der Waals surface area (Å²) in [5, 5.41) is 9.00. The Labute approximate surface area is 218 Å². The van der Waals surface area contributed by atoms with Gasteiger partial charge >= 0.3 is 0 Å². The lowest BCUT2D eigenvalue weighted by atomic mass is 10.1. The molecule has 0 saturated carbocycles. The molecule has 0 unspecified atom stereocenters. The largest absolute Gasteiger partial charge is 0.486 e. The van der Waals surface area contributed by atoms with Crippen LogP contribution in [0, 0.1) is 11.3 Å². The summed E-state index contributed by atoms with van der Waals surface area (Å²) in [6.07, 6.45) is 2.32. The maximum absolute atomic E-state index is 12.8. The standard InChI is InChI=1S/C26H18Br2N2O3S/c27-21-12-18(13-22(28)24(21)33-16-20-9-5-4-8-19(20)15-29)14-23-25(31)30(26(32)34-23)11-10-17-6-2-1-3-7-17/h1-9,12-14H,10-11,16H2/b23-14-. The van der Waals surface area contributed by atoms with Crippen LogP contribution in [0.25, 0.3) is 6.08 Å². The predicted molar refractivity (Wildman–Crippen MR) is 140 cm³/mol. The summed E-state index contributed by atoms with van der Waals surface area (Å²) in [4.78, 5) is 26.9. The summed E-state index contributed by atoms with van der Waals surface area (Å²) in [5.74, 6) is 0.299. The summed E-state index contributed by atoms with van der Waals surface area (Å²) in [5.41, 5.74) is 3.18. The molecule has 0 bridgehead atoms. The van der Waals surface area contributed by atoms with Gasteiger partial charge in [0.15, 0.2) is 0 Å². The third-order valence-electron chi connectivity index (χ3n) is 5.17. The van der Waals surface area contributed by atoms with E-state index in [0.717, 1.165) is 28.5 Å². The highest BCUT2D eigenvalue weighted by Gasteiger charge is 2.34. The van der Waals surface area contributed by atoms with Crippen LogP contribution < -0.4 is 4.74 Å². The molecule has 0 spiro atoms. The van der Waals surface area contributed by atoms with Crippen LogP contribution in [-0.4, -0.2) is 22.6 Å². The number of benzene rings is 3. The number of halogens is 2. The lowest BCUT2D eigenvalue weighted by Gasteiger charge is -2.13. The Bertz CT molecular complexity index is 1300. The zero-order chi connectivity index (χ0) is 24.1. The number of carbonyl (C=O) groups is 2. The monoisotopic (exact) mass is 596 g/mol. The minimum absolute atomic E-state index is 0.237. The first-order valence-electron chi connectivity index (χ1n) is 10.4. The van der Waals surface area contributed by atoms with Gasteiger partial charge in [-0.3, -0.25) is 14.5 Å². The second kappa shape index (κ2) is 11.0. The van der Waals surface area contributed by atoms with Gasteiger partial charge in [0.05, 0.1) is 25.5 Å². The molecule has 8 heteroatoms. The van der Waals surface area contributed by atoms with E-state index in [1.807, 2.05) is 60.7 Å². The van der Waals surface area contributed by atoms with Gasteiger partial charge in [0, 0.05) is 12.1 Å². The summed E-state index contributed by atoms with van der Waals surface area (Å²) in [6.45, 7) is 0.580. The van der Waals surface area contributed by atoms with E-state index in [-0.39, 0.29) is 17.8 Å². The molecule has 0 N–H and O–H groups in total. The Morgan fingerprint density at radius 1 is 1.00 bits per heavy atom. The molecule has 2 amide bonds. The van der Waals surface area contributed by atoms with Gasteiger partial charge in [0.1, 0.15) is 12.4 Å². The average molecular weight is 598 g/mol. The Balaban J connectivity index is 1.47. The predicted octanol–water partition coefficient (Wildman–Crippen LogP) is 6.94. The van der Waals surface area contributed by atoms with Gasteiger partial charge in [0.25, 0.3) is 11.1 Å². The molecular formula is C26H18Br2N2O3S. The number of amides is 2. The van der Waals surface area contributed by atoms with Crippen molar-refractivity contribution < 1.29 is 14.3 Å². The van der Waals surface area contributed by atoms with Crippen molar-refractivity contribution in [3.05, 3.63) is 103 Å². The first-order valence-corrected chi connectivity index (χ1v) is 12.8. The van der Waals surface area contributed by atoms with Gasteiger partial charge in [-0.05, 0) is 85.4 Å². The summed E-state index contributed by atoms with van der Waals surface area (Å²) in [6, 6.07) is 22.9. The number of nitriles is 1. The van der Waals surface area contributed by atoms with E-state index < -0.39 is 0 Å². The average Bonchev–Trinajstić information content (AvgIpc) is 3.10. The van der Waals surface area contributed by atoms with Crippen LogP contribution >= 0.6 is 43.6 Å². The normalized spacial score (nSPS) is 14.5. The number of nitrogens with zero attached hydrogens (tertiary/aromatic N) is 2. The molecule has 0 atom stereocenters. The number of imide groups is 1. The molecule has 5 nitrogen and oxygen atoms in total. The maximum Gasteiger partial charge on any atom is 0.293 e. The number of hydrogen-bond acceptors (Lipinski definition) is 5. The van der Waals surface area contributed by atoms with E-state index in [4.69, 9.17) is 4.74 Å². The van der Waals surface area contributed by atoms with E-state index in [9.17, 15) is 14.9 Å². The molecule has 1 heterocycles. The van der Waals surface area contributed by atoms with Crippen molar-refractivity contribution in [2.45, 2.75) is 13.0 Å². The first-order chi connectivity index (χ1) is 16.5. The van der Waals surface area contributed by atoms with Gasteiger partial charge in [-0.2, -0.15) is 5.26 Å². The Kier molecular flexibility index (Phi) is 7.88. The minimum atomic E-state index is -0.286. The van der Waals surface area contributed by atoms with Crippen molar-refractivity contribution in [2.75, 3.05) is 6.54 Å². The highest BCUT2D eigenvalue weighted by Crippen LogP contribution is 2.38. The van der Waals surface area contributed by atoms with Crippen molar-refractivity contribution in [3.8, 4) is 11.8 Å². The highest BCUT2D eigenvalue weighted by atomic mass is 79.9. The maximum atomic E-state index is 12.8. The van der Waals surface area contributed by atoms with Crippen LogP contribution in [0.15, 0.2) is 80.6 Å². The van der Waals surface area contributed by atoms with Gasteiger partial charge in [-0.15, -0.1) is 0 Å². The quantitative estimate of drug-likeness (QED) is 0.276. The lowest BCUT2D eigenvalue weighted by molar-refractivity contribution is -0.122. The molecule has 3 aromatic carbocycles. The van der Waals surface area contributed by atoms with Crippen LogP contribution in [0.3, 0.4) is 0 Å². The van der Waals surface area contributed by atoms with E-state index in [0.29, 0.717) is 38.1 Å². The molecule has 1 saturated heterocycles. The van der Waals surface area contributed by atoms with Gasteiger partial charge < -0.3 is 4.74 Å². The van der Waals surface area contributed by atoms with Crippen molar-refractivity contribution in [1.29, 1.82) is 5.26 Å². The summed E-state index contributed by atoms with van der Waals surface area (Å²) < 4.78 is 7.32. The van der Waals surface area contributed by atoms with Crippen molar-refractivity contribution in [2.24, 2.45) is 0 Å². The highest BCUT2D eigenvalue weighted by molar-refractivity contribution is 9.11. The fourth-order valence-corrected chi connectivity index (χ4v) is 5.75. The van der Waals surface area contributed by atoms with Crippen LogP contribution in [-0.2, 0) is 17.8 Å². The smallest absolute Gasteiger partial charge is 0.293 e. The molecule has 170 valence electrons. The van der Waals surface area contributed by atoms with Crippen molar-refractivity contribution in [3.63, 3.8) is 0 Å². The molecule has 0 aliphatic carbocycles. The number of rotatable bonds is 7. The minimum Gasteiger partial charge on any atom is -0.486 e. The van der Waals surface area contributed by atoms with Gasteiger partial charge in [0.2, 0.25) is 0 Å². The third-order valence-corrected chi connectivity index (χ3v) is 7.25. The van der Waals surface area contributed by atoms with Crippen molar-refractivity contribution >= 4 is 60.8 Å². The van der Waals surface area contributed by atoms with E-state index >= 15 is 0 Å². The van der Waals surface area contributed by atoms with E-state index in [1.54, 1.807) is 12.1 Å². The topological polar surface area (TPSA) is 70.4 Å². The van der Waals surface area contributed by atoms with E-state index in [1.165, 1.54) is 4.90 Å². The molecule has 34 heavy (non-hydrogen) atoms. The molecule has 1 aliphatic heterocycles. The number of hydrogen-bond donors (Lipinski definition) is 0. The van der Waals surface area contributed by atoms with E-state index in [2.05, 4.69) is 37.9 Å². The fourth-order valence-electron chi connectivity index (χ4n) is 3.44. The summed E-state index contributed by atoms with van der Waals surface area (Å²) in [7, 11) is 0. The Hall–Kier alpha value is -2.86. The van der Waals surface area contributed by atoms with Crippen molar-refractivity contribution in [1.82, 2.24) is 4.90 Å². The zero-order valence-corrected chi connectivity index (χ0v) is 21.8. The van der Waals surface area contributed by atoms with Gasteiger partial charge in [-0.25, -0.2) is 0 Å². The molecular weight excluding hydrogens is 580 g/mol. The van der Waals surface area contributed by atoms with Crippen LogP contribution in [0.1, 0.15) is 22.3 Å². The first kappa shape index (κ1) is 24.3. The number of carbonyl (C=O) groups excluding carboxylic acids is 2. The van der Waals surface area contributed by atoms with Crippen LogP contribution in [0.4, 0.5) is 4.79 Å². The molecule has 3 aromatic rings. The number of thioether (sulfide) groups is 1. The zero-order valence-electron chi connectivity index (χ0n) is 17.8. The Morgan fingerprint density at radius 2 is 1.68 bits per heavy atom. The SMILES string of the molecule is N#Cc1ccccc1COc1c(Br)cc(/C=C2\SC(=O)N(CCc3ccccc3)C2=O)cc1Br. The molecule has 0 aromatic heterocycles. The summed E-state index contributed by atoms with van der Waals surface area (Å²) >= 11 is 8.00. The molecule has 1 fully saturated rings. The molecule has 0 radical (unpaired) electrons. The van der Waals surface area contributed by atoms with Gasteiger partial charge in [-0.1, -0.05) is 48.5 Å². The van der Waals surface area contributed by atoms with Crippen LogP contribution in [0.2, 0.25) is 0 Å². The lowest BCUT2D eigenvalue weighted by Crippen LogP contribution is -2.30. The fraction of sp³-hybridized carbons (Fsp3) is 0.115.